The molecular formula is C6H7F4. The van der Waals surface area contributed by atoms with Gasteiger partial charge in [0.25, 0.3) is 0 Å². The molecule has 0 nitrogen and oxygen atoms in total. The quantitative estimate of drug-likeness (QED) is 0.472. The molecule has 0 aromatic rings. The van der Waals surface area contributed by atoms with Gasteiger partial charge in [0.1, 0.15) is 0 Å². The molecule has 1 rings (SSSR count). The predicted molar refractivity (Wildman–Crippen MR) is 28.0 cm³/mol. The fourth-order valence-corrected chi connectivity index (χ4v) is 0.923. The van der Waals surface area contributed by atoms with Gasteiger partial charge in [-0.05, 0) is 12.8 Å². The maximum Gasteiger partial charge on any atom is 0.313 e. The highest BCUT2D eigenvalue weighted by Crippen LogP contribution is 2.44. The Morgan fingerprint density at radius 2 is 1.70 bits per heavy atom. The topological polar surface area (TPSA) is 0 Å². The van der Waals surface area contributed by atoms with E-state index in [1.54, 1.807) is 0 Å². The van der Waals surface area contributed by atoms with E-state index in [0.717, 1.165) is 0 Å². The molecule has 1 fully saturated rings. The zero-order valence-electron chi connectivity index (χ0n) is 5.21. The summed E-state index contributed by atoms with van der Waals surface area (Å²) in [4.78, 5) is 0. The van der Waals surface area contributed by atoms with Crippen LogP contribution in [0.4, 0.5) is 17.6 Å². The van der Waals surface area contributed by atoms with Gasteiger partial charge < -0.3 is 0 Å². The predicted octanol–water partition coefficient (Wildman–Crippen LogP) is 2.65. The van der Waals surface area contributed by atoms with Crippen molar-refractivity contribution in [2.45, 2.75) is 31.1 Å². The highest BCUT2D eigenvalue weighted by atomic mass is 19.3. The van der Waals surface area contributed by atoms with Crippen LogP contribution in [0.2, 0.25) is 0 Å². The van der Waals surface area contributed by atoms with E-state index in [-0.39, 0.29) is 12.8 Å². The third-order valence-electron chi connectivity index (χ3n) is 1.58. The van der Waals surface area contributed by atoms with Gasteiger partial charge in [-0.1, -0.05) is 0 Å². The van der Waals surface area contributed by atoms with Crippen LogP contribution >= 0.6 is 0 Å². The first-order valence-electron chi connectivity index (χ1n) is 3.06. The first kappa shape index (κ1) is 7.82. The first-order chi connectivity index (χ1) is 4.46. The van der Waals surface area contributed by atoms with E-state index in [1.807, 2.05) is 0 Å². The van der Waals surface area contributed by atoms with Gasteiger partial charge in [-0.25, -0.2) is 0 Å². The van der Waals surface area contributed by atoms with Crippen LogP contribution in [0.15, 0.2) is 0 Å². The lowest BCUT2D eigenvalue weighted by Crippen LogP contribution is -2.43. The van der Waals surface area contributed by atoms with E-state index in [1.165, 1.54) is 0 Å². The van der Waals surface area contributed by atoms with Crippen molar-refractivity contribution in [3.05, 3.63) is 6.42 Å². The van der Waals surface area contributed by atoms with Crippen molar-refractivity contribution in [1.29, 1.82) is 0 Å². The molecule has 0 N–H and O–H groups in total. The van der Waals surface area contributed by atoms with Crippen molar-refractivity contribution in [3.8, 4) is 0 Å². The molecule has 0 heterocycles. The van der Waals surface area contributed by atoms with Crippen LogP contribution in [-0.2, 0) is 0 Å². The molecule has 59 valence electrons. The third kappa shape index (κ3) is 1.11. The van der Waals surface area contributed by atoms with Crippen LogP contribution < -0.4 is 0 Å². The molecule has 1 saturated carbocycles. The standard InChI is InChI=1S/C6H7F4/c7-5(8)3-1-2-4-6(5,9)10/h3H,1-2,4H2. The van der Waals surface area contributed by atoms with Gasteiger partial charge in [0.15, 0.2) is 0 Å². The summed E-state index contributed by atoms with van der Waals surface area (Å²) in [5.74, 6) is -7.70. The summed E-state index contributed by atoms with van der Waals surface area (Å²) in [5, 5.41) is 0. The largest absolute Gasteiger partial charge is 0.313 e. The molecule has 0 aliphatic heterocycles. The van der Waals surface area contributed by atoms with Crippen molar-refractivity contribution in [1.82, 2.24) is 0 Å². The highest BCUT2D eigenvalue weighted by Gasteiger charge is 2.56. The smallest absolute Gasteiger partial charge is 0.200 e. The maximum absolute atomic E-state index is 12.2. The van der Waals surface area contributed by atoms with Gasteiger partial charge in [0.2, 0.25) is 0 Å². The molecule has 0 spiro atoms. The number of alkyl halides is 4. The van der Waals surface area contributed by atoms with Gasteiger partial charge in [0.05, 0.1) is 0 Å². The fraction of sp³-hybridized carbons (Fsp3) is 0.833. The Morgan fingerprint density at radius 1 is 1.10 bits per heavy atom. The van der Waals surface area contributed by atoms with Gasteiger partial charge in [-0.3, -0.25) is 0 Å². The summed E-state index contributed by atoms with van der Waals surface area (Å²) in [6.07, 6.45) is -0.0574. The molecule has 0 saturated heterocycles. The maximum atomic E-state index is 12.2. The molecule has 1 radical (unpaired) electrons. The minimum absolute atomic E-state index is 0.0859. The summed E-state index contributed by atoms with van der Waals surface area (Å²) in [5.41, 5.74) is 0. The Morgan fingerprint density at radius 3 is 2.00 bits per heavy atom. The van der Waals surface area contributed by atoms with Crippen LogP contribution in [0.1, 0.15) is 19.3 Å². The lowest BCUT2D eigenvalue weighted by molar-refractivity contribution is -0.203. The molecule has 0 aromatic heterocycles. The second-order valence-electron chi connectivity index (χ2n) is 2.42. The van der Waals surface area contributed by atoms with Gasteiger partial charge in [-0.15, -0.1) is 0 Å². The summed E-state index contributed by atoms with van der Waals surface area (Å²) in [7, 11) is 0. The van der Waals surface area contributed by atoms with Crippen LogP contribution in [0.25, 0.3) is 0 Å². The summed E-state index contributed by atoms with van der Waals surface area (Å²) in [6, 6.07) is 0. The molecule has 0 unspecified atom stereocenters. The normalized spacial score (nSPS) is 30.0. The second-order valence-corrected chi connectivity index (χ2v) is 2.42. The Bertz CT molecular complexity index is 114. The Kier molecular flexibility index (Phi) is 1.65. The van der Waals surface area contributed by atoms with E-state index in [9.17, 15) is 17.6 Å². The minimum Gasteiger partial charge on any atom is -0.200 e. The minimum atomic E-state index is -3.88. The second kappa shape index (κ2) is 2.10. The molecule has 0 bridgehead atoms. The Labute approximate surface area is 56.2 Å². The van der Waals surface area contributed by atoms with Gasteiger partial charge in [-0.2, -0.15) is 17.6 Å². The monoisotopic (exact) mass is 155 g/mol. The molecule has 1 aliphatic rings. The SMILES string of the molecule is FC1(F)[CH]CCCC1(F)F. The van der Waals surface area contributed by atoms with Gasteiger partial charge >= 0.3 is 11.8 Å². The lowest BCUT2D eigenvalue weighted by atomic mass is 9.93. The zero-order valence-corrected chi connectivity index (χ0v) is 5.21. The molecule has 4 heteroatoms. The van der Waals surface area contributed by atoms with Crippen molar-refractivity contribution >= 4 is 0 Å². The van der Waals surface area contributed by atoms with E-state index in [2.05, 4.69) is 0 Å². The molecule has 0 amide bonds. The lowest BCUT2D eigenvalue weighted by Gasteiger charge is -2.30. The Balaban J connectivity index is 2.70. The van der Waals surface area contributed by atoms with E-state index in [0.29, 0.717) is 6.42 Å². The van der Waals surface area contributed by atoms with Crippen LogP contribution in [0.3, 0.4) is 0 Å². The highest BCUT2D eigenvalue weighted by molar-refractivity contribution is 4.99. The first-order valence-corrected chi connectivity index (χ1v) is 3.06. The summed E-state index contributed by atoms with van der Waals surface area (Å²) >= 11 is 0. The average molecular weight is 155 g/mol. The van der Waals surface area contributed by atoms with Gasteiger partial charge in [0, 0.05) is 12.8 Å². The number of hydrogen-bond donors (Lipinski definition) is 0. The average Bonchev–Trinajstić information content (AvgIpc) is 1.77. The molecule has 10 heavy (non-hydrogen) atoms. The number of rotatable bonds is 0. The Hall–Kier alpha value is -0.280. The van der Waals surface area contributed by atoms with Crippen molar-refractivity contribution < 1.29 is 17.6 Å². The zero-order chi connectivity index (χ0) is 7.83. The molecular weight excluding hydrogens is 148 g/mol. The summed E-state index contributed by atoms with van der Waals surface area (Å²) in [6.45, 7) is 0. The van der Waals surface area contributed by atoms with Crippen molar-refractivity contribution in [3.63, 3.8) is 0 Å². The number of hydrogen-bond acceptors (Lipinski definition) is 0. The van der Waals surface area contributed by atoms with E-state index < -0.39 is 18.3 Å². The molecule has 1 aliphatic carbocycles. The fourth-order valence-electron chi connectivity index (χ4n) is 0.923. The van der Waals surface area contributed by atoms with E-state index in [4.69, 9.17) is 0 Å². The summed E-state index contributed by atoms with van der Waals surface area (Å²) < 4.78 is 48.8. The third-order valence-corrected chi connectivity index (χ3v) is 1.58. The van der Waals surface area contributed by atoms with Crippen LogP contribution in [0, 0.1) is 6.42 Å². The van der Waals surface area contributed by atoms with Crippen molar-refractivity contribution in [2.24, 2.45) is 0 Å². The van der Waals surface area contributed by atoms with Crippen LogP contribution in [-0.4, -0.2) is 11.8 Å². The molecule has 0 atom stereocenters. The van der Waals surface area contributed by atoms with Crippen molar-refractivity contribution in [2.75, 3.05) is 0 Å². The van der Waals surface area contributed by atoms with E-state index >= 15 is 0 Å². The number of halogens is 4. The van der Waals surface area contributed by atoms with Crippen LogP contribution in [0.5, 0.6) is 0 Å². The molecule has 0 aromatic carbocycles.